The number of carbonyl (C=O) groups excluding carboxylic acids is 1. The van der Waals surface area contributed by atoms with Gasteiger partial charge in [-0.15, -0.1) is 0 Å². The minimum absolute atomic E-state index is 0.0150. The maximum absolute atomic E-state index is 11.8. The fraction of sp³-hybridized carbons (Fsp3) is 0.222. The number of carbonyl (C=O) groups is 1. The van der Waals surface area contributed by atoms with Crippen molar-refractivity contribution in [3.05, 3.63) is 69.1 Å². The lowest BCUT2D eigenvalue weighted by Gasteiger charge is -2.14. The summed E-state index contributed by atoms with van der Waals surface area (Å²) in [4.78, 5) is 23.3. The normalized spacial score (nSPS) is 10.7. The van der Waals surface area contributed by atoms with Gasteiger partial charge in [0.05, 0.1) is 5.69 Å². The highest BCUT2D eigenvalue weighted by atomic mass is 16.5. The third-order valence-corrected chi connectivity index (χ3v) is 4.04. The molecule has 1 aromatic heterocycles. The highest BCUT2D eigenvalue weighted by molar-refractivity contribution is 5.94. The average Bonchev–Trinajstić information content (AvgIpc) is 3.00. The van der Waals surface area contributed by atoms with Crippen LogP contribution in [-0.4, -0.2) is 26.0 Å². The molecule has 1 heterocycles. The summed E-state index contributed by atoms with van der Waals surface area (Å²) in [6, 6.07) is 10.9. The fourth-order valence-corrected chi connectivity index (χ4v) is 2.61. The van der Waals surface area contributed by atoms with Crippen molar-refractivity contribution in [3.8, 4) is 11.4 Å². The summed E-state index contributed by atoms with van der Waals surface area (Å²) < 4.78 is 7.14. The van der Waals surface area contributed by atoms with E-state index in [0.717, 1.165) is 16.7 Å². The number of ketones is 1. The van der Waals surface area contributed by atoms with E-state index in [-0.39, 0.29) is 12.4 Å². The minimum Gasteiger partial charge on any atom is -0.489 e. The highest BCUT2D eigenvalue weighted by Crippen LogP contribution is 2.23. The van der Waals surface area contributed by atoms with Crippen LogP contribution in [0.3, 0.4) is 0 Å². The molecule has 0 unspecified atom stereocenters. The summed E-state index contributed by atoms with van der Waals surface area (Å²) in [6.45, 7) is 5.63. The molecular formula is C18H18N4O3. The van der Waals surface area contributed by atoms with Gasteiger partial charge in [0, 0.05) is 11.1 Å². The van der Waals surface area contributed by atoms with Gasteiger partial charge in [-0.3, -0.25) is 4.79 Å². The van der Waals surface area contributed by atoms with Gasteiger partial charge in [0.25, 0.3) is 0 Å². The van der Waals surface area contributed by atoms with E-state index in [0.29, 0.717) is 17.0 Å². The molecule has 7 heteroatoms. The maximum atomic E-state index is 11.8. The number of ether oxygens (including phenoxy) is 1. The molecular weight excluding hydrogens is 320 g/mol. The van der Waals surface area contributed by atoms with E-state index in [1.807, 2.05) is 26.0 Å². The molecule has 128 valence electrons. The molecule has 0 radical (unpaired) electrons. The molecule has 0 saturated carbocycles. The molecule has 0 bridgehead atoms. The quantitative estimate of drug-likeness (QED) is 0.721. The molecule has 3 aromatic rings. The van der Waals surface area contributed by atoms with Crippen LogP contribution < -0.4 is 10.4 Å². The lowest BCUT2D eigenvalue weighted by Crippen LogP contribution is -2.18. The van der Waals surface area contributed by atoms with Crippen LogP contribution in [0.4, 0.5) is 0 Å². The van der Waals surface area contributed by atoms with Crippen molar-refractivity contribution in [2.24, 2.45) is 0 Å². The number of Topliss-reactive ketones (excluding diaryl/α,β-unsaturated/α-hetero) is 1. The number of nitrogens with one attached hydrogen (secondary N) is 1. The van der Waals surface area contributed by atoms with Crippen molar-refractivity contribution in [3.63, 3.8) is 0 Å². The van der Waals surface area contributed by atoms with Crippen LogP contribution in [0.2, 0.25) is 0 Å². The number of rotatable bonds is 5. The largest absolute Gasteiger partial charge is 0.489 e. The number of H-pyrrole nitrogens is 1. The Hall–Kier alpha value is -3.22. The second-order valence-electron chi connectivity index (χ2n) is 5.82. The van der Waals surface area contributed by atoms with Crippen molar-refractivity contribution < 1.29 is 9.53 Å². The van der Waals surface area contributed by atoms with Crippen LogP contribution >= 0.6 is 0 Å². The van der Waals surface area contributed by atoms with Gasteiger partial charge in [-0.1, -0.05) is 12.1 Å². The van der Waals surface area contributed by atoms with Gasteiger partial charge < -0.3 is 4.74 Å². The molecule has 7 nitrogen and oxygen atoms in total. The number of tetrazole rings is 1. The number of hydrogen-bond donors (Lipinski definition) is 1. The molecule has 0 aliphatic carbocycles. The predicted molar refractivity (Wildman–Crippen MR) is 92.2 cm³/mol. The van der Waals surface area contributed by atoms with Gasteiger partial charge in [0.15, 0.2) is 5.78 Å². The first-order valence-corrected chi connectivity index (χ1v) is 7.81. The molecule has 0 saturated heterocycles. The Morgan fingerprint density at radius 1 is 1.20 bits per heavy atom. The van der Waals surface area contributed by atoms with E-state index in [2.05, 4.69) is 15.5 Å². The summed E-state index contributed by atoms with van der Waals surface area (Å²) in [7, 11) is 0. The molecule has 0 atom stereocenters. The van der Waals surface area contributed by atoms with Gasteiger partial charge in [0.2, 0.25) is 0 Å². The zero-order valence-corrected chi connectivity index (χ0v) is 14.2. The molecule has 0 fully saturated rings. The van der Waals surface area contributed by atoms with Crippen LogP contribution in [0, 0.1) is 13.8 Å². The van der Waals surface area contributed by atoms with Crippen LogP contribution in [0.5, 0.6) is 5.75 Å². The Morgan fingerprint density at radius 2 is 2.00 bits per heavy atom. The van der Waals surface area contributed by atoms with E-state index in [1.165, 1.54) is 11.6 Å². The first-order valence-electron chi connectivity index (χ1n) is 7.81. The lowest BCUT2D eigenvalue weighted by atomic mass is 10.1. The van der Waals surface area contributed by atoms with Gasteiger partial charge in [-0.05, 0) is 66.6 Å². The van der Waals surface area contributed by atoms with Crippen LogP contribution in [0.25, 0.3) is 5.69 Å². The zero-order chi connectivity index (χ0) is 18.0. The third-order valence-electron chi connectivity index (χ3n) is 4.04. The van der Waals surface area contributed by atoms with Crippen LogP contribution in [0.1, 0.15) is 34.0 Å². The Balaban J connectivity index is 1.91. The summed E-state index contributed by atoms with van der Waals surface area (Å²) in [5.74, 6) is 0.702. The Labute approximate surface area is 144 Å². The van der Waals surface area contributed by atoms with E-state index in [1.54, 1.807) is 24.3 Å². The predicted octanol–water partition coefficient (Wildman–Crippen LogP) is 2.35. The SMILES string of the molecule is CC(=O)c1ccc(OCc2c(C)cccc2-n2nn[nH]c2=O)c(C)c1. The maximum Gasteiger partial charge on any atom is 0.365 e. The summed E-state index contributed by atoms with van der Waals surface area (Å²) in [5.41, 5.74) is 3.56. The number of benzene rings is 2. The molecule has 0 aliphatic heterocycles. The molecule has 2 aromatic carbocycles. The fourth-order valence-electron chi connectivity index (χ4n) is 2.61. The Morgan fingerprint density at radius 3 is 2.64 bits per heavy atom. The highest BCUT2D eigenvalue weighted by Gasteiger charge is 2.13. The van der Waals surface area contributed by atoms with Crippen LogP contribution in [0.15, 0.2) is 41.2 Å². The average molecular weight is 338 g/mol. The molecule has 1 N–H and O–H groups in total. The number of aromatic amines is 1. The van der Waals surface area contributed by atoms with Gasteiger partial charge >= 0.3 is 5.69 Å². The minimum atomic E-state index is -0.408. The smallest absolute Gasteiger partial charge is 0.365 e. The van der Waals surface area contributed by atoms with E-state index < -0.39 is 5.69 Å². The monoisotopic (exact) mass is 338 g/mol. The second kappa shape index (κ2) is 6.72. The van der Waals surface area contributed by atoms with Crippen molar-refractivity contribution in [2.45, 2.75) is 27.4 Å². The molecule has 0 spiro atoms. The number of hydrogen-bond acceptors (Lipinski definition) is 5. The van der Waals surface area contributed by atoms with Crippen molar-refractivity contribution >= 4 is 5.78 Å². The van der Waals surface area contributed by atoms with Gasteiger partial charge in [-0.25, -0.2) is 9.89 Å². The zero-order valence-electron chi connectivity index (χ0n) is 14.2. The molecule has 25 heavy (non-hydrogen) atoms. The topological polar surface area (TPSA) is 89.9 Å². The Kier molecular flexibility index (Phi) is 4.47. The first-order chi connectivity index (χ1) is 12.0. The van der Waals surface area contributed by atoms with E-state index >= 15 is 0 Å². The second-order valence-corrected chi connectivity index (χ2v) is 5.82. The number of nitrogens with zero attached hydrogens (tertiary/aromatic N) is 3. The van der Waals surface area contributed by atoms with Crippen molar-refractivity contribution in [1.82, 2.24) is 20.2 Å². The summed E-state index contributed by atoms with van der Waals surface area (Å²) in [5, 5.41) is 9.61. The first kappa shape index (κ1) is 16.6. The number of aromatic nitrogens is 4. The number of aryl methyl sites for hydroxylation is 2. The van der Waals surface area contributed by atoms with Crippen molar-refractivity contribution in [1.29, 1.82) is 0 Å². The van der Waals surface area contributed by atoms with Gasteiger partial charge in [0.1, 0.15) is 12.4 Å². The van der Waals surface area contributed by atoms with E-state index in [4.69, 9.17) is 4.74 Å². The lowest BCUT2D eigenvalue weighted by molar-refractivity contribution is 0.101. The summed E-state index contributed by atoms with van der Waals surface area (Å²) in [6.07, 6.45) is 0. The van der Waals surface area contributed by atoms with E-state index in [9.17, 15) is 9.59 Å². The molecule has 0 amide bonds. The standard InChI is InChI=1S/C18H18N4O3/c1-11-5-4-6-16(22-18(24)19-20-21-22)15(11)10-25-17-8-7-14(13(3)23)9-12(17)2/h4-9H,10H2,1-3H3,(H,19,21,24). The molecule has 3 rings (SSSR count). The molecule has 0 aliphatic rings. The summed E-state index contributed by atoms with van der Waals surface area (Å²) >= 11 is 0. The van der Waals surface area contributed by atoms with Gasteiger partial charge in [-0.2, -0.15) is 4.68 Å². The van der Waals surface area contributed by atoms with Crippen molar-refractivity contribution in [2.75, 3.05) is 0 Å². The Bertz CT molecular complexity index is 988. The third kappa shape index (κ3) is 3.35. The van der Waals surface area contributed by atoms with Crippen LogP contribution in [-0.2, 0) is 6.61 Å².